The average Bonchev–Trinajstić information content (AvgIpc) is 3.84. The molecule has 58 heavy (non-hydrogen) atoms. The van der Waals surface area contributed by atoms with E-state index in [1.807, 2.05) is 0 Å². The predicted molar refractivity (Wildman–Crippen MR) is 188 cm³/mol. The maximum absolute atomic E-state index is 13.0. The maximum atomic E-state index is 13.0. The summed E-state index contributed by atoms with van der Waals surface area (Å²) in [6.45, 7) is 0. The molecule has 0 aliphatic carbocycles. The van der Waals surface area contributed by atoms with Crippen LogP contribution in [0.1, 0.15) is 0 Å². The standard InChI is InChI=1S/C32H18N8O12S4.2Mn/c41-53(42,43)21-19-20(22(54(44,45)46)24(56(50,51)52)23(21)55(47,48)49)32-39-30-18-12-6-4-10-16(18)28(37-30)35-26-14-8-2-1-7-13(14)25(33-26)34-27-15-9-3-5-11-17(15)29(36-27)38-31(19)40-32;;/h1-12H,(H,41,42,43)(H,44,45,46)(H,47,48,49)(H,50,51,52)(H2,33,34,35,36,37,38,39,40);;/q;2*+2/p-4. The molecule has 0 atom stereocenters. The van der Waals surface area contributed by atoms with Gasteiger partial charge in [-0.3, -0.25) is 0 Å². The van der Waals surface area contributed by atoms with Crippen molar-refractivity contribution in [3.05, 3.63) is 72.8 Å². The number of fused-ring (bicyclic) bond motifs is 20. The van der Waals surface area contributed by atoms with Crippen molar-refractivity contribution in [2.45, 2.75) is 19.6 Å². The Morgan fingerprint density at radius 3 is 0.914 bits per heavy atom. The number of hydrogen-bond donors (Lipinski definition) is 2. The Kier molecular flexibility index (Phi) is 9.75. The number of H-pyrrole nitrogens is 2. The molecule has 26 heteroatoms. The third kappa shape index (κ3) is 6.48. The largest absolute Gasteiger partial charge is 2.00 e. The van der Waals surface area contributed by atoms with Crippen molar-refractivity contribution < 1.29 is 86.0 Å². The molecule has 0 unspecified atom stereocenters. The number of nitrogens with zero attached hydrogens (tertiary/aromatic N) is 6. The Morgan fingerprint density at radius 2 is 0.621 bits per heavy atom. The average molecular weight is 941 g/mol. The van der Waals surface area contributed by atoms with Crippen molar-refractivity contribution in [3.8, 4) is 45.6 Å². The van der Waals surface area contributed by atoms with E-state index in [0.29, 0.717) is 21.9 Å². The fourth-order valence-electron chi connectivity index (χ4n) is 6.72. The summed E-state index contributed by atoms with van der Waals surface area (Å²) >= 11 is 0. The first kappa shape index (κ1) is 41.1. The molecule has 0 amide bonds. The second kappa shape index (κ2) is 13.8. The van der Waals surface area contributed by atoms with Crippen molar-refractivity contribution in [3.63, 3.8) is 0 Å². The normalized spacial score (nSPS) is 12.8. The second-order valence-corrected chi connectivity index (χ2v) is 17.4. The van der Waals surface area contributed by atoms with E-state index in [1.54, 1.807) is 60.7 Å². The number of benzene rings is 4. The first-order valence-corrected chi connectivity index (χ1v) is 21.1. The van der Waals surface area contributed by atoms with Gasteiger partial charge in [-0.1, -0.05) is 72.8 Å². The van der Waals surface area contributed by atoms with Crippen LogP contribution in [-0.2, 0) is 74.6 Å². The maximum Gasteiger partial charge on any atom is 2.00 e. The summed E-state index contributed by atoms with van der Waals surface area (Å²) < 4.78 is 154. The minimum Gasteiger partial charge on any atom is -0.744 e. The summed E-state index contributed by atoms with van der Waals surface area (Å²) in [5.41, 5.74) is -0.283. The van der Waals surface area contributed by atoms with Crippen LogP contribution in [0, 0.1) is 0 Å². The van der Waals surface area contributed by atoms with E-state index in [4.69, 9.17) is 9.97 Å². The van der Waals surface area contributed by atoms with Crippen LogP contribution in [0.25, 0.3) is 89.7 Å². The number of aromatic nitrogens is 8. The summed E-state index contributed by atoms with van der Waals surface area (Å²) in [7, 11) is -26.0. The molecule has 0 saturated heterocycles. The monoisotopic (exact) mass is 940 g/mol. The van der Waals surface area contributed by atoms with E-state index in [1.165, 1.54) is 12.1 Å². The summed E-state index contributed by atoms with van der Waals surface area (Å²) in [5.74, 6) is -0.637. The van der Waals surface area contributed by atoms with Gasteiger partial charge in [0.15, 0.2) is 23.3 Å². The fraction of sp³-hybridized carbons (Fsp3) is 0. The van der Waals surface area contributed by atoms with Gasteiger partial charge in [-0.2, -0.15) is 0 Å². The first-order chi connectivity index (χ1) is 26.3. The van der Waals surface area contributed by atoms with Gasteiger partial charge in [0.05, 0.1) is 19.6 Å². The molecule has 2 N–H and O–H groups in total. The summed E-state index contributed by atoms with van der Waals surface area (Å²) in [5, 5.41) is -1.56. The van der Waals surface area contributed by atoms with Gasteiger partial charge >= 0.3 is 34.1 Å². The van der Waals surface area contributed by atoms with E-state index >= 15 is 0 Å². The van der Waals surface area contributed by atoms with Gasteiger partial charge < -0.3 is 28.2 Å². The molecule has 8 bridgehead atoms. The molecule has 0 fully saturated rings. The van der Waals surface area contributed by atoms with Gasteiger partial charge in [0.2, 0.25) is 0 Å². The predicted octanol–water partition coefficient (Wildman–Crippen LogP) is 2.48. The first-order valence-electron chi connectivity index (χ1n) is 15.5. The molecule has 2 aliphatic heterocycles. The third-order valence-corrected chi connectivity index (χ3v) is 12.8. The minimum atomic E-state index is -6.60. The Morgan fingerprint density at radius 1 is 0.362 bits per heavy atom. The Hall–Kier alpha value is -5.08. The van der Waals surface area contributed by atoms with E-state index in [9.17, 15) is 51.9 Å². The topological polar surface area (TPSA) is 338 Å². The van der Waals surface area contributed by atoms with Crippen LogP contribution in [0.2, 0.25) is 0 Å². The minimum absolute atomic E-state index is 0. The summed E-state index contributed by atoms with van der Waals surface area (Å²) in [6, 6.07) is 19.6. The Balaban J connectivity index is 0.00000256. The number of rotatable bonds is 4. The quantitative estimate of drug-likeness (QED) is 0.189. The number of aromatic amines is 2. The molecule has 5 heterocycles. The van der Waals surface area contributed by atoms with Crippen LogP contribution >= 0.6 is 0 Å². The number of nitrogens with one attached hydrogen (secondary N) is 2. The molecule has 9 rings (SSSR count). The summed E-state index contributed by atoms with van der Waals surface area (Å²) in [6.07, 6.45) is 0. The molecule has 0 saturated carbocycles. The van der Waals surface area contributed by atoms with Crippen LogP contribution in [0.15, 0.2) is 92.4 Å². The van der Waals surface area contributed by atoms with Crippen molar-refractivity contribution in [1.29, 1.82) is 0 Å². The van der Waals surface area contributed by atoms with E-state index in [0.717, 1.165) is 0 Å². The van der Waals surface area contributed by atoms with Gasteiger partial charge in [0, 0.05) is 43.8 Å². The molecule has 0 spiro atoms. The molecule has 20 nitrogen and oxygen atoms in total. The van der Waals surface area contributed by atoms with E-state index in [2.05, 4.69) is 29.9 Å². The van der Waals surface area contributed by atoms with Crippen molar-refractivity contribution in [1.82, 2.24) is 39.9 Å². The van der Waals surface area contributed by atoms with E-state index in [-0.39, 0.29) is 79.9 Å². The second-order valence-electron chi connectivity index (χ2n) is 12.1. The molecule has 4 aromatic carbocycles. The molecular formula is C32H14Mn2N8O12S4. The van der Waals surface area contributed by atoms with Crippen molar-refractivity contribution in [2.24, 2.45) is 0 Å². The molecule has 3 aromatic heterocycles. The smallest absolute Gasteiger partial charge is 0.744 e. The van der Waals surface area contributed by atoms with Gasteiger partial charge in [-0.05, 0) is 0 Å². The Labute approximate surface area is 346 Å². The van der Waals surface area contributed by atoms with Gasteiger partial charge in [-0.25, -0.2) is 63.6 Å². The molecule has 7 aromatic rings. The SMILES string of the molecule is O=S(=O)([O-])c1c(S(=O)(=O)[O-])c(S(=O)(=O)[O-])c2c3nc4nc(nc5[nH]c(nc6nc(nc([nH]3)c2c1S(=O)(=O)[O-])-c1ccccc1-6)c1ccccc51)-c1ccccc1-4.[Mn+2].[Mn+2]. The Bertz CT molecular complexity index is 3390. The van der Waals surface area contributed by atoms with Crippen molar-refractivity contribution in [2.75, 3.05) is 0 Å². The van der Waals surface area contributed by atoms with Crippen LogP contribution in [0.5, 0.6) is 0 Å². The third-order valence-electron chi connectivity index (χ3n) is 8.82. The molecule has 2 aliphatic rings. The number of hydrogen-bond acceptors (Lipinski definition) is 18. The zero-order valence-corrected chi connectivity index (χ0v) is 33.5. The molecule has 292 valence electrons. The van der Waals surface area contributed by atoms with E-state index < -0.39 is 82.1 Å². The summed E-state index contributed by atoms with van der Waals surface area (Å²) in [4.78, 5) is 23.0. The van der Waals surface area contributed by atoms with Crippen LogP contribution in [0.4, 0.5) is 0 Å². The van der Waals surface area contributed by atoms with Crippen molar-refractivity contribution >= 4 is 84.6 Å². The van der Waals surface area contributed by atoms with Crippen LogP contribution in [0.3, 0.4) is 0 Å². The van der Waals surface area contributed by atoms with Gasteiger partial charge in [-0.15, -0.1) is 0 Å². The fourth-order valence-corrected chi connectivity index (χ4v) is 11.6. The molecular weight excluding hydrogens is 927 g/mol. The molecule has 2 radical (unpaired) electrons. The zero-order chi connectivity index (χ0) is 39.7. The zero-order valence-electron chi connectivity index (χ0n) is 27.9. The van der Waals surface area contributed by atoms with Gasteiger partial charge in [0.1, 0.15) is 63.1 Å². The van der Waals surface area contributed by atoms with Crippen LogP contribution in [-0.4, -0.2) is 91.8 Å². The van der Waals surface area contributed by atoms with Gasteiger partial charge in [0.25, 0.3) is 0 Å². The van der Waals surface area contributed by atoms with Crippen LogP contribution < -0.4 is 0 Å².